The van der Waals surface area contributed by atoms with E-state index in [1.54, 1.807) is 7.11 Å². The zero-order valence-corrected chi connectivity index (χ0v) is 12.6. The lowest BCUT2D eigenvalue weighted by Crippen LogP contribution is -2.29. The summed E-state index contributed by atoms with van der Waals surface area (Å²) in [4.78, 5) is 0. The van der Waals surface area contributed by atoms with E-state index >= 15 is 0 Å². The van der Waals surface area contributed by atoms with Crippen LogP contribution in [0.15, 0.2) is 46.9 Å². The number of halogens is 1. The van der Waals surface area contributed by atoms with Gasteiger partial charge in [-0.3, -0.25) is 5.84 Å². The number of benzene rings is 2. The van der Waals surface area contributed by atoms with Crippen LogP contribution >= 0.6 is 15.9 Å². The summed E-state index contributed by atoms with van der Waals surface area (Å²) in [6.07, 6.45) is 0. The van der Waals surface area contributed by atoms with E-state index in [0.717, 1.165) is 21.3 Å². The van der Waals surface area contributed by atoms with E-state index < -0.39 is 0 Å². The van der Waals surface area contributed by atoms with Gasteiger partial charge in [-0.15, -0.1) is 0 Å². The Kier molecular flexibility index (Phi) is 4.58. The molecule has 2 aromatic carbocycles. The van der Waals surface area contributed by atoms with Crippen molar-refractivity contribution in [3.63, 3.8) is 0 Å². The molecule has 1 unspecified atom stereocenters. The maximum absolute atomic E-state index is 5.73. The molecule has 0 saturated carbocycles. The fourth-order valence-corrected chi connectivity index (χ4v) is 2.36. The Morgan fingerprint density at radius 2 is 1.84 bits per heavy atom. The third-order valence-corrected chi connectivity index (χ3v) is 3.59. The molecule has 0 aliphatic rings. The number of hydrogen-bond donors (Lipinski definition) is 2. The Labute approximate surface area is 121 Å². The van der Waals surface area contributed by atoms with Gasteiger partial charge in [0.15, 0.2) is 0 Å². The Bertz CT molecular complexity index is 555. The van der Waals surface area contributed by atoms with Crippen molar-refractivity contribution in [3.05, 3.63) is 63.6 Å². The van der Waals surface area contributed by atoms with Crippen LogP contribution in [0.1, 0.15) is 22.7 Å². The molecule has 0 aromatic heterocycles. The quantitative estimate of drug-likeness (QED) is 0.671. The molecule has 0 bridgehead atoms. The number of rotatable bonds is 4. The van der Waals surface area contributed by atoms with E-state index in [0.29, 0.717) is 0 Å². The minimum Gasteiger partial charge on any atom is -0.496 e. The summed E-state index contributed by atoms with van der Waals surface area (Å²) in [5, 5.41) is 0. The summed E-state index contributed by atoms with van der Waals surface area (Å²) in [6, 6.07) is 14.1. The molecule has 3 N–H and O–H groups in total. The predicted octanol–water partition coefficient (Wildman–Crippen LogP) is 3.32. The number of hydrazine groups is 1. The van der Waals surface area contributed by atoms with Crippen molar-refractivity contribution in [2.24, 2.45) is 5.84 Å². The number of methoxy groups -OCH3 is 1. The van der Waals surface area contributed by atoms with Gasteiger partial charge in [-0.05, 0) is 30.7 Å². The van der Waals surface area contributed by atoms with E-state index in [-0.39, 0.29) is 6.04 Å². The minimum absolute atomic E-state index is 0.0945. The van der Waals surface area contributed by atoms with Gasteiger partial charge < -0.3 is 4.74 Å². The molecule has 2 rings (SSSR count). The number of hydrogen-bond acceptors (Lipinski definition) is 3. The molecule has 3 nitrogen and oxygen atoms in total. The SMILES string of the molecule is COc1ccc(C)cc1C(NN)c1ccc(Br)cc1. The molecule has 0 spiro atoms. The highest BCUT2D eigenvalue weighted by molar-refractivity contribution is 9.10. The first kappa shape index (κ1) is 14.1. The molecule has 1 atom stereocenters. The minimum atomic E-state index is -0.0945. The molecule has 19 heavy (non-hydrogen) atoms. The summed E-state index contributed by atoms with van der Waals surface area (Å²) in [7, 11) is 1.67. The Balaban J connectivity index is 2.47. The van der Waals surface area contributed by atoms with Crippen molar-refractivity contribution in [2.45, 2.75) is 13.0 Å². The van der Waals surface area contributed by atoms with Crippen LogP contribution in [0, 0.1) is 6.92 Å². The number of aryl methyl sites for hydroxylation is 1. The van der Waals surface area contributed by atoms with Crippen LogP contribution in [-0.2, 0) is 0 Å². The summed E-state index contributed by atoms with van der Waals surface area (Å²) in [5.74, 6) is 6.56. The van der Waals surface area contributed by atoms with E-state index in [1.165, 1.54) is 5.56 Å². The number of nitrogens with one attached hydrogen (secondary N) is 1. The molecular weight excluding hydrogens is 304 g/mol. The summed E-state index contributed by atoms with van der Waals surface area (Å²) < 4.78 is 6.47. The average molecular weight is 321 g/mol. The Hall–Kier alpha value is -1.36. The lowest BCUT2D eigenvalue weighted by molar-refractivity contribution is 0.404. The third kappa shape index (κ3) is 3.15. The van der Waals surface area contributed by atoms with E-state index in [2.05, 4.69) is 34.3 Å². The fraction of sp³-hybridized carbons (Fsp3) is 0.200. The van der Waals surface area contributed by atoms with Gasteiger partial charge in [0.1, 0.15) is 5.75 Å². The molecule has 4 heteroatoms. The molecule has 100 valence electrons. The number of nitrogens with two attached hydrogens (primary N) is 1. The molecule has 0 aliphatic heterocycles. The molecular formula is C15H17BrN2O. The summed E-state index contributed by atoms with van der Waals surface area (Å²) in [5.41, 5.74) is 6.16. The lowest BCUT2D eigenvalue weighted by atomic mass is 9.97. The van der Waals surface area contributed by atoms with Crippen molar-refractivity contribution in [2.75, 3.05) is 7.11 Å². The van der Waals surface area contributed by atoms with Crippen molar-refractivity contribution >= 4 is 15.9 Å². The molecule has 0 amide bonds. The standard InChI is InChI=1S/C15H17BrN2O/c1-10-3-8-14(19-2)13(9-10)15(18-17)11-4-6-12(16)7-5-11/h3-9,15,18H,17H2,1-2H3. The topological polar surface area (TPSA) is 47.3 Å². The van der Waals surface area contributed by atoms with E-state index in [1.807, 2.05) is 36.4 Å². The first-order valence-corrected chi connectivity index (χ1v) is 6.81. The van der Waals surface area contributed by atoms with E-state index in [4.69, 9.17) is 10.6 Å². The van der Waals surface area contributed by atoms with Crippen LogP contribution in [0.4, 0.5) is 0 Å². The second-order valence-electron chi connectivity index (χ2n) is 4.40. The summed E-state index contributed by atoms with van der Waals surface area (Å²) >= 11 is 3.44. The molecule has 0 aliphatic carbocycles. The number of ether oxygens (including phenoxy) is 1. The van der Waals surface area contributed by atoms with Crippen LogP contribution in [0.5, 0.6) is 5.75 Å². The predicted molar refractivity (Wildman–Crippen MR) is 81.0 cm³/mol. The monoisotopic (exact) mass is 320 g/mol. The van der Waals surface area contributed by atoms with Gasteiger partial charge in [-0.25, -0.2) is 5.43 Å². The second-order valence-corrected chi connectivity index (χ2v) is 5.31. The highest BCUT2D eigenvalue weighted by Crippen LogP contribution is 2.30. The lowest BCUT2D eigenvalue weighted by Gasteiger charge is -2.20. The van der Waals surface area contributed by atoms with Crippen LogP contribution in [-0.4, -0.2) is 7.11 Å². The van der Waals surface area contributed by atoms with Crippen LogP contribution < -0.4 is 16.0 Å². The van der Waals surface area contributed by atoms with Crippen LogP contribution in [0.25, 0.3) is 0 Å². The summed E-state index contributed by atoms with van der Waals surface area (Å²) in [6.45, 7) is 2.05. The van der Waals surface area contributed by atoms with E-state index in [9.17, 15) is 0 Å². The third-order valence-electron chi connectivity index (χ3n) is 3.07. The fourth-order valence-electron chi connectivity index (χ4n) is 2.10. The molecule has 2 aromatic rings. The molecule has 0 radical (unpaired) electrons. The average Bonchev–Trinajstić information content (AvgIpc) is 2.42. The van der Waals surface area contributed by atoms with Gasteiger partial charge in [0.05, 0.1) is 13.2 Å². The highest BCUT2D eigenvalue weighted by Gasteiger charge is 2.17. The second kappa shape index (κ2) is 6.19. The normalized spacial score (nSPS) is 12.2. The van der Waals surface area contributed by atoms with Gasteiger partial charge in [0, 0.05) is 10.0 Å². The van der Waals surface area contributed by atoms with Crippen LogP contribution in [0.2, 0.25) is 0 Å². The first-order valence-electron chi connectivity index (χ1n) is 6.02. The molecule has 0 fully saturated rings. The van der Waals surface area contributed by atoms with Crippen LogP contribution in [0.3, 0.4) is 0 Å². The maximum atomic E-state index is 5.73. The smallest absolute Gasteiger partial charge is 0.124 e. The molecule has 0 heterocycles. The van der Waals surface area contributed by atoms with Gasteiger partial charge in [-0.2, -0.15) is 0 Å². The zero-order chi connectivity index (χ0) is 13.8. The van der Waals surface area contributed by atoms with Gasteiger partial charge in [0.25, 0.3) is 0 Å². The largest absolute Gasteiger partial charge is 0.496 e. The van der Waals surface area contributed by atoms with Crippen molar-refractivity contribution in [3.8, 4) is 5.75 Å². The maximum Gasteiger partial charge on any atom is 0.124 e. The van der Waals surface area contributed by atoms with Crippen molar-refractivity contribution < 1.29 is 4.74 Å². The Morgan fingerprint density at radius 1 is 1.16 bits per heavy atom. The van der Waals surface area contributed by atoms with Gasteiger partial charge in [0.2, 0.25) is 0 Å². The molecule has 0 saturated heterocycles. The van der Waals surface area contributed by atoms with Gasteiger partial charge >= 0.3 is 0 Å². The first-order chi connectivity index (χ1) is 9.15. The Morgan fingerprint density at radius 3 is 2.42 bits per heavy atom. The van der Waals surface area contributed by atoms with Crippen molar-refractivity contribution in [1.82, 2.24) is 5.43 Å². The van der Waals surface area contributed by atoms with Gasteiger partial charge in [-0.1, -0.05) is 45.8 Å². The zero-order valence-electron chi connectivity index (χ0n) is 11.0. The highest BCUT2D eigenvalue weighted by atomic mass is 79.9. The van der Waals surface area contributed by atoms with Crippen molar-refractivity contribution in [1.29, 1.82) is 0 Å².